The molecule has 2 aliphatic carbocycles. The first kappa shape index (κ1) is 11.5. The topological polar surface area (TPSA) is 12.0 Å². The molecular formula is C14H17ClFN. The molecule has 3 rings (SSSR count). The molecule has 17 heavy (non-hydrogen) atoms. The van der Waals surface area contributed by atoms with Crippen LogP contribution in [0.2, 0.25) is 5.02 Å². The van der Waals surface area contributed by atoms with Gasteiger partial charge >= 0.3 is 0 Å². The summed E-state index contributed by atoms with van der Waals surface area (Å²) in [7, 11) is 0. The molecule has 0 unspecified atom stereocenters. The van der Waals surface area contributed by atoms with Gasteiger partial charge in [-0.2, -0.15) is 0 Å². The van der Waals surface area contributed by atoms with Crippen molar-refractivity contribution in [3.8, 4) is 0 Å². The van der Waals surface area contributed by atoms with E-state index in [1.807, 2.05) is 6.07 Å². The van der Waals surface area contributed by atoms with Crippen LogP contribution in [0.4, 0.5) is 4.39 Å². The third-order valence-corrected chi connectivity index (χ3v) is 4.09. The van der Waals surface area contributed by atoms with Crippen LogP contribution < -0.4 is 5.32 Å². The molecule has 2 fully saturated rings. The number of hydrogen-bond acceptors (Lipinski definition) is 1. The van der Waals surface area contributed by atoms with Gasteiger partial charge in [-0.05, 0) is 55.2 Å². The van der Waals surface area contributed by atoms with E-state index in [0.29, 0.717) is 6.04 Å². The van der Waals surface area contributed by atoms with Crippen LogP contribution in [0.25, 0.3) is 0 Å². The van der Waals surface area contributed by atoms with Crippen LogP contribution in [0.15, 0.2) is 18.2 Å². The predicted molar refractivity (Wildman–Crippen MR) is 67.5 cm³/mol. The van der Waals surface area contributed by atoms with E-state index >= 15 is 0 Å². The zero-order valence-corrected chi connectivity index (χ0v) is 10.5. The molecule has 3 heteroatoms. The maximum absolute atomic E-state index is 13.3. The lowest BCUT2D eigenvalue weighted by Gasteiger charge is -2.17. The van der Waals surface area contributed by atoms with E-state index in [0.717, 1.165) is 23.9 Å². The molecule has 1 N–H and O–H groups in total. The molecule has 1 nitrogen and oxygen atoms in total. The molecule has 0 aromatic heterocycles. The lowest BCUT2D eigenvalue weighted by molar-refractivity contribution is 0.415. The standard InChI is InChI=1S/C14H17ClFN/c15-12-6-1-9(7-13(12)16)8-17-14(10-2-3-10)11-4-5-11/h1,6-7,10-11,14,17H,2-5,8H2. The summed E-state index contributed by atoms with van der Waals surface area (Å²) in [5.41, 5.74) is 0.984. The van der Waals surface area contributed by atoms with Crippen molar-refractivity contribution >= 4 is 11.6 Å². The van der Waals surface area contributed by atoms with Crippen LogP contribution in [0, 0.1) is 17.7 Å². The lowest BCUT2D eigenvalue weighted by atomic mass is 10.1. The molecule has 0 radical (unpaired) electrons. The molecule has 0 spiro atoms. The van der Waals surface area contributed by atoms with Gasteiger partial charge in [0.25, 0.3) is 0 Å². The van der Waals surface area contributed by atoms with Gasteiger partial charge in [-0.1, -0.05) is 17.7 Å². The van der Waals surface area contributed by atoms with Gasteiger partial charge in [-0.15, -0.1) is 0 Å². The Labute approximate surface area is 106 Å². The van der Waals surface area contributed by atoms with Crippen LogP contribution >= 0.6 is 11.6 Å². The number of nitrogens with one attached hydrogen (secondary N) is 1. The highest BCUT2D eigenvalue weighted by atomic mass is 35.5. The quantitative estimate of drug-likeness (QED) is 0.843. The van der Waals surface area contributed by atoms with Crippen molar-refractivity contribution in [2.24, 2.45) is 11.8 Å². The largest absolute Gasteiger partial charge is 0.309 e. The van der Waals surface area contributed by atoms with Crippen LogP contribution in [-0.4, -0.2) is 6.04 Å². The average Bonchev–Trinajstić information content (AvgIpc) is 3.14. The number of halogens is 2. The Bertz CT molecular complexity index is 401. The van der Waals surface area contributed by atoms with Gasteiger partial charge in [0, 0.05) is 12.6 Å². The van der Waals surface area contributed by atoms with Crippen molar-refractivity contribution in [2.45, 2.75) is 38.3 Å². The summed E-state index contributed by atoms with van der Waals surface area (Å²) < 4.78 is 13.3. The van der Waals surface area contributed by atoms with Crippen LogP contribution in [0.3, 0.4) is 0 Å². The highest BCUT2D eigenvalue weighted by Crippen LogP contribution is 2.44. The molecule has 1 aromatic carbocycles. The first-order valence-electron chi connectivity index (χ1n) is 6.41. The molecular weight excluding hydrogens is 237 g/mol. The first-order valence-corrected chi connectivity index (χ1v) is 6.79. The van der Waals surface area contributed by atoms with E-state index in [9.17, 15) is 4.39 Å². The summed E-state index contributed by atoms with van der Waals surface area (Å²) in [4.78, 5) is 0. The van der Waals surface area contributed by atoms with E-state index in [2.05, 4.69) is 5.32 Å². The third-order valence-electron chi connectivity index (χ3n) is 3.79. The highest BCUT2D eigenvalue weighted by molar-refractivity contribution is 6.30. The molecule has 0 amide bonds. The summed E-state index contributed by atoms with van der Waals surface area (Å²) in [5, 5.41) is 3.80. The number of hydrogen-bond donors (Lipinski definition) is 1. The fraction of sp³-hybridized carbons (Fsp3) is 0.571. The molecule has 2 saturated carbocycles. The Balaban J connectivity index is 1.60. The normalized spacial score (nSPS) is 19.9. The van der Waals surface area contributed by atoms with Gasteiger partial charge in [-0.3, -0.25) is 0 Å². The van der Waals surface area contributed by atoms with Gasteiger partial charge < -0.3 is 5.32 Å². The average molecular weight is 254 g/mol. The summed E-state index contributed by atoms with van der Waals surface area (Å²) in [6.45, 7) is 0.756. The molecule has 0 bridgehead atoms. The van der Waals surface area contributed by atoms with Crippen LogP contribution in [0.5, 0.6) is 0 Å². The molecule has 0 saturated heterocycles. The smallest absolute Gasteiger partial charge is 0.142 e. The Kier molecular flexibility index (Phi) is 3.10. The SMILES string of the molecule is Fc1cc(CNC(C2CC2)C2CC2)ccc1Cl. The molecule has 92 valence electrons. The Morgan fingerprint density at radius 1 is 1.24 bits per heavy atom. The van der Waals surface area contributed by atoms with Gasteiger partial charge in [-0.25, -0.2) is 4.39 Å². The first-order chi connectivity index (χ1) is 8.24. The highest BCUT2D eigenvalue weighted by Gasteiger charge is 2.40. The van der Waals surface area contributed by atoms with E-state index in [4.69, 9.17) is 11.6 Å². The fourth-order valence-electron chi connectivity index (χ4n) is 2.51. The molecule has 1 aromatic rings. The Morgan fingerprint density at radius 3 is 2.41 bits per heavy atom. The van der Waals surface area contributed by atoms with Crippen molar-refractivity contribution in [1.29, 1.82) is 0 Å². The summed E-state index contributed by atoms with van der Waals surface area (Å²) in [5.74, 6) is 1.43. The lowest BCUT2D eigenvalue weighted by Crippen LogP contribution is -2.32. The summed E-state index contributed by atoms with van der Waals surface area (Å²) >= 11 is 5.67. The van der Waals surface area contributed by atoms with E-state index in [1.54, 1.807) is 6.07 Å². The summed E-state index contributed by atoms with van der Waals surface area (Å²) in [6.07, 6.45) is 5.46. The maximum Gasteiger partial charge on any atom is 0.142 e. The molecule has 0 atom stereocenters. The van der Waals surface area contributed by atoms with Gasteiger partial charge in [0.2, 0.25) is 0 Å². The fourth-order valence-corrected chi connectivity index (χ4v) is 2.63. The van der Waals surface area contributed by atoms with Crippen molar-refractivity contribution in [1.82, 2.24) is 5.32 Å². The van der Waals surface area contributed by atoms with E-state index in [-0.39, 0.29) is 10.8 Å². The van der Waals surface area contributed by atoms with Crippen molar-refractivity contribution in [3.05, 3.63) is 34.6 Å². The molecule has 0 aliphatic heterocycles. The molecule has 2 aliphatic rings. The monoisotopic (exact) mass is 253 g/mol. The van der Waals surface area contributed by atoms with E-state index in [1.165, 1.54) is 31.7 Å². The number of rotatable bonds is 5. The predicted octanol–water partition coefficient (Wildman–Crippen LogP) is 3.76. The second kappa shape index (κ2) is 4.58. The van der Waals surface area contributed by atoms with Crippen LogP contribution in [-0.2, 0) is 6.54 Å². The maximum atomic E-state index is 13.3. The second-order valence-electron chi connectivity index (χ2n) is 5.33. The second-order valence-corrected chi connectivity index (χ2v) is 5.74. The zero-order chi connectivity index (χ0) is 11.8. The van der Waals surface area contributed by atoms with Gasteiger partial charge in [0.15, 0.2) is 0 Å². The third kappa shape index (κ3) is 2.80. The van der Waals surface area contributed by atoms with Crippen molar-refractivity contribution in [3.63, 3.8) is 0 Å². The van der Waals surface area contributed by atoms with Gasteiger partial charge in [0.1, 0.15) is 5.82 Å². The van der Waals surface area contributed by atoms with Crippen molar-refractivity contribution in [2.75, 3.05) is 0 Å². The zero-order valence-electron chi connectivity index (χ0n) is 9.76. The van der Waals surface area contributed by atoms with Gasteiger partial charge in [0.05, 0.1) is 5.02 Å². The Hall–Kier alpha value is -0.600. The minimum atomic E-state index is -0.319. The minimum Gasteiger partial charge on any atom is -0.309 e. The number of benzene rings is 1. The van der Waals surface area contributed by atoms with Crippen LogP contribution in [0.1, 0.15) is 31.2 Å². The minimum absolute atomic E-state index is 0.203. The van der Waals surface area contributed by atoms with E-state index < -0.39 is 0 Å². The summed E-state index contributed by atoms with van der Waals surface area (Å²) in [6, 6.07) is 5.73. The molecule has 0 heterocycles. The van der Waals surface area contributed by atoms with Crippen molar-refractivity contribution < 1.29 is 4.39 Å². The Morgan fingerprint density at radius 2 is 1.88 bits per heavy atom.